The minimum atomic E-state index is -3.93. The number of halogens is 5. The number of benzene rings is 4. The third kappa shape index (κ3) is 11.7. The van der Waals surface area contributed by atoms with E-state index < -0.39 is 18.0 Å². The summed E-state index contributed by atoms with van der Waals surface area (Å²) in [6.07, 6.45) is 13.5. The molecule has 0 aliphatic heterocycles. The van der Waals surface area contributed by atoms with Crippen LogP contribution in [0.2, 0.25) is 12.6 Å². The van der Waals surface area contributed by atoms with Crippen molar-refractivity contribution in [3.8, 4) is 22.3 Å². The van der Waals surface area contributed by atoms with E-state index in [4.69, 9.17) is 0 Å². The summed E-state index contributed by atoms with van der Waals surface area (Å²) in [4.78, 5) is 0. The molecule has 6 aromatic carbocycles. The molecule has 0 amide bonds. The Morgan fingerprint density at radius 1 is 0.522 bits per heavy atom. The molecule has 0 N–H and O–H groups in total. The summed E-state index contributed by atoms with van der Waals surface area (Å²) < 4.78 is 34.3. The van der Waals surface area contributed by atoms with Crippen LogP contribution in [-0.4, -0.2) is 11.6 Å². The first-order valence-corrected chi connectivity index (χ1v) is 31.2. The van der Waals surface area contributed by atoms with E-state index in [1.54, 1.807) is 24.0 Å². The topological polar surface area (TPSA) is 0 Å². The van der Waals surface area contributed by atoms with E-state index in [1.807, 2.05) is 6.55 Å². The Bertz CT molecular complexity index is 2420. The fourth-order valence-corrected chi connectivity index (χ4v) is 16.8. The van der Waals surface area contributed by atoms with Crippen LogP contribution in [0.3, 0.4) is 0 Å². The third-order valence-corrected chi connectivity index (χ3v) is 20.1. The smallest absolute Gasteiger partial charge is 0.0274 e. The zero-order valence-electron chi connectivity index (χ0n) is 40.3. The van der Waals surface area contributed by atoms with Crippen LogP contribution >= 0.6 is 0 Å². The van der Waals surface area contributed by atoms with Gasteiger partial charge in [0.1, 0.15) is 0 Å². The van der Waals surface area contributed by atoms with Crippen molar-refractivity contribution in [2.24, 2.45) is 59.2 Å². The summed E-state index contributed by atoms with van der Waals surface area (Å²) in [6, 6.07) is 38.0. The van der Waals surface area contributed by atoms with Crippen molar-refractivity contribution in [1.29, 1.82) is 0 Å². The Balaban J connectivity index is 0.000000150. The fourth-order valence-electron chi connectivity index (χ4n) is 15.2. The molecule has 8 fully saturated rings. The first-order valence-electron chi connectivity index (χ1n) is 25.3. The monoisotopic (exact) mass is 1030 g/mol. The molecule has 0 spiro atoms. The number of hydrogen-bond donors (Lipinski definition) is 0. The summed E-state index contributed by atoms with van der Waals surface area (Å²) in [5.41, 5.74) is 13.5. The van der Waals surface area contributed by atoms with Crippen molar-refractivity contribution in [2.75, 3.05) is 0 Å². The Morgan fingerprint density at radius 2 is 0.866 bits per heavy atom. The van der Waals surface area contributed by atoms with Gasteiger partial charge in [-0.25, -0.2) is 0 Å². The molecule has 0 aromatic heterocycles. The van der Waals surface area contributed by atoms with Gasteiger partial charge in [0.2, 0.25) is 0 Å². The third-order valence-electron chi connectivity index (χ3n) is 17.3. The van der Waals surface area contributed by atoms with Gasteiger partial charge < -0.3 is 24.8 Å². The molecule has 7 heteroatoms. The van der Waals surface area contributed by atoms with E-state index in [9.17, 15) is 13.2 Å². The number of rotatable bonds is 8. The normalized spacial score (nSPS) is 27.5. The van der Waals surface area contributed by atoms with E-state index >= 15 is 0 Å². The van der Waals surface area contributed by atoms with Gasteiger partial charge in [0.15, 0.2) is 0 Å². The van der Waals surface area contributed by atoms with Gasteiger partial charge in [0, 0.05) is 0 Å². The zero-order valence-corrected chi connectivity index (χ0v) is 45.3. The van der Waals surface area contributed by atoms with Crippen molar-refractivity contribution >= 4 is 27.0 Å². The van der Waals surface area contributed by atoms with Crippen molar-refractivity contribution in [3.05, 3.63) is 130 Å². The Hall–Kier alpha value is -2.43. The Kier molecular flexibility index (Phi) is 16.1. The van der Waals surface area contributed by atoms with Crippen LogP contribution in [0.1, 0.15) is 104 Å². The van der Waals surface area contributed by atoms with Gasteiger partial charge in [-0.2, -0.15) is 12.1 Å². The first kappa shape index (κ1) is 50.9. The quantitative estimate of drug-likeness (QED) is 0.105. The zero-order chi connectivity index (χ0) is 45.1. The van der Waals surface area contributed by atoms with Crippen LogP contribution in [0.4, 0.5) is 13.2 Å². The number of aryl methyl sites for hydroxylation is 4. The summed E-state index contributed by atoms with van der Waals surface area (Å²) in [6.45, 7) is 10.8. The first-order chi connectivity index (χ1) is 31.2. The van der Waals surface area contributed by atoms with Crippen molar-refractivity contribution in [1.82, 2.24) is 0 Å². The average Bonchev–Trinajstić information content (AvgIpc) is 3.85. The minimum Gasteiger partial charge on any atom is -1.00 e. The number of hydrogen-bond acceptors (Lipinski definition) is 0. The molecule has 8 saturated carbocycles. The Labute approximate surface area is 427 Å². The summed E-state index contributed by atoms with van der Waals surface area (Å²) >= 11 is 1.29. The molecule has 0 atom stereocenters. The molecular formula is C60H69Cl2F3SiZr-2. The van der Waals surface area contributed by atoms with Crippen LogP contribution in [0.15, 0.2) is 97.1 Å². The molecule has 0 radical (unpaired) electrons. The maximum Gasteiger partial charge on any atom is -0.0274 e. The summed E-state index contributed by atoms with van der Waals surface area (Å²) in [5, 5.41) is 5.75. The second-order valence-electron chi connectivity index (χ2n) is 22.6. The maximum absolute atomic E-state index is 11.4. The standard InChI is InChI=1S/2C28H31.C4H7F3Si.2ClH.Zr/c2*1-17-6-18(2)8-23(7-17)26-5-3-4-22-10-21(16-28(22)26)15-27-24-11-19-9-20(13-24)14-25(27)12-19;1-8-3-2-4(5,6)7;;;/h2*3-8,10,16,19-20,24-25,27H,9,11-15H2,1-2H3;2-3H2,1H3;2*1H;/q2*-1;;;;+2/p-2. The van der Waals surface area contributed by atoms with Gasteiger partial charge in [-0.1, -0.05) is 81.9 Å². The molecule has 8 bridgehead atoms. The second kappa shape index (κ2) is 21.1. The number of fused-ring (bicyclic) bond motifs is 2. The van der Waals surface area contributed by atoms with Crippen LogP contribution in [0.25, 0.3) is 43.8 Å². The predicted molar refractivity (Wildman–Crippen MR) is 264 cm³/mol. The predicted octanol–water partition coefficient (Wildman–Crippen LogP) is 11.0. The van der Waals surface area contributed by atoms with Crippen molar-refractivity contribution in [2.45, 2.75) is 130 Å². The van der Waals surface area contributed by atoms with Crippen LogP contribution in [-0.2, 0) is 36.2 Å². The van der Waals surface area contributed by atoms with Gasteiger partial charge in [-0.3, -0.25) is 0 Å². The molecule has 354 valence electrons. The Morgan fingerprint density at radius 3 is 1.16 bits per heavy atom. The molecule has 6 aromatic rings. The van der Waals surface area contributed by atoms with Gasteiger partial charge in [-0.05, 0) is 175 Å². The van der Waals surface area contributed by atoms with Crippen molar-refractivity contribution < 1.29 is 61.3 Å². The van der Waals surface area contributed by atoms with Crippen LogP contribution < -0.4 is 24.8 Å². The van der Waals surface area contributed by atoms with E-state index in [-0.39, 0.29) is 24.8 Å². The molecule has 8 aliphatic rings. The second-order valence-corrected chi connectivity index (χ2v) is 30.9. The summed E-state index contributed by atoms with van der Waals surface area (Å²) in [7, 11) is 0. The van der Waals surface area contributed by atoms with Crippen molar-refractivity contribution in [3.63, 3.8) is 0 Å². The van der Waals surface area contributed by atoms with Gasteiger partial charge in [0.25, 0.3) is 0 Å². The van der Waals surface area contributed by atoms with E-state index in [0.717, 1.165) is 59.2 Å². The molecule has 0 heterocycles. The van der Waals surface area contributed by atoms with E-state index in [2.05, 4.69) is 125 Å². The van der Waals surface area contributed by atoms with E-state index in [0.29, 0.717) is 6.04 Å². The van der Waals surface area contributed by atoms with Crippen LogP contribution in [0, 0.1) is 86.9 Å². The molecule has 8 aliphatic carbocycles. The molecule has 0 unspecified atom stereocenters. The SMILES string of the molecule is C[Si](=[Zr+2])CCC(F)(F)F.Cc1cc(C)cc(-c2cccc3[cH-]c(CC4C5CC6CC(C5)CC4C6)cc23)c1.Cc1cc(C)cc(-c2cccc3[cH-]c(CC4C5CC6CC(C5)CC4C6)cc23)c1.[Cl-].[Cl-]. The minimum absolute atomic E-state index is 0. The van der Waals surface area contributed by atoms with E-state index in [1.165, 1.54) is 154 Å². The van der Waals surface area contributed by atoms with Gasteiger partial charge in [-0.15, -0.1) is 69.1 Å². The molecule has 0 nitrogen and oxygen atoms in total. The summed E-state index contributed by atoms with van der Waals surface area (Å²) in [5.74, 6) is 10.3. The van der Waals surface area contributed by atoms with Gasteiger partial charge >= 0.3 is 67.1 Å². The molecular weight excluding hydrogens is 968 g/mol. The molecule has 0 saturated heterocycles. The molecule has 67 heavy (non-hydrogen) atoms. The van der Waals surface area contributed by atoms with Crippen LogP contribution in [0.5, 0.6) is 0 Å². The average molecular weight is 1040 g/mol. The largest absolute Gasteiger partial charge is 1.00 e. The van der Waals surface area contributed by atoms with Gasteiger partial charge in [0.05, 0.1) is 0 Å². The fraction of sp³-hybridized carbons (Fsp3) is 0.500. The maximum atomic E-state index is 11.4. The number of alkyl halides is 3. The molecule has 14 rings (SSSR count).